The van der Waals surface area contributed by atoms with Gasteiger partial charge >= 0.3 is 0 Å². The van der Waals surface area contributed by atoms with E-state index >= 15 is 0 Å². The predicted molar refractivity (Wildman–Crippen MR) is 51.5 cm³/mol. The van der Waals surface area contributed by atoms with Crippen molar-refractivity contribution in [3.8, 4) is 0 Å². The van der Waals surface area contributed by atoms with Gasteiger partial charge in [0.15, 0.2) is 7.83 Å². The van der Waals surface area contributed by atoms with Gasteiger partial charge in [0.05, 0.1) is 7.59 Å². The van der Waals surface area contributed by atoms with Crippen LogP contribution in [-0.2, 0) is 4.43 Å². The first-order valence-corrected chi connectivity index (χ1v) is 11.3. The Balaban J connectivity index is 2.72. The molecular formula is C7H18O2Si2. The number of hydrogen-bond acceptors (Lipinski definition) is 2. The second-order valence-corrected chi connectivity index (χ2v) is 19.7. The molecule has 0 aromatic rings. The highest BCUT2D eigenvalue weighted by molar-refractivity contribution is 7.38. The van der Waals surface area contributed by atoms with Crippen LogP contribution < -0.4 is 0 Å². The summed E-state index contributed by atoms with van der Waals surface area (Å²) in [6.07, 6.45) is 0.396. The zero-order valence-corrected chi connectivity index (χ0v) is 9.85. The Hall–Kier alpha value is 0.354. The third-order valence-electron chi connectivity index (χ3n) is 3.08. The Labute approximate surface area is 70.5 Å². The standard InChI is InChI=1S/C7H18O2Si2/c1-10(2)6-5-7(8)9-11(10,3)4/h7-8H,5-6H2,1-4H3. The van der Waals surface area contributed by atoms with Crippen LogP contribution in [0, 0.1) is 0 Å². The first-order valence-electron chi connectivity index (χ1n) is 4.21. The highest BCUT2D eigenvalue weighted by Gasteiger charge is 2.47. The lowest BCUT2D eigenvalue weighted by molar-refractivity contribution is -0.0279. The van der Waals surface area contributed by atoms with E-state index in [-0.39, 0.29) is 0 Å². The van der Waals surface area contributed by atoms with Crippen LogP contribution in [0.2, 0.25) is 32.2 Å². The molecule has 0 bridgehead atoms. The van der Waals surface area contributed by atoms with Gasteiger partial charge in [-0.2, -0.15) is 0 Å². The minimum Gasteiger partial charge on any atom is -0.396 e. The van der Waals surface area contributed by atoms with Gasteiger partial charge in [-0.3, -0.25) is 0 Å². The Morgan fingerprint density at radius 2 is 1.82 bits per heavy atom. The van der Waals surface area contributed by atoms with Crippen molar-refractivity contribution >= 4 is 15.4 Å². The molecule has 1 heterocycles. The van der Waals surface area contributed by atoms with Crippen LogP contribution >= 0.6 is 0 Å². The third-order valence-corrected chi connectivity index (χ3v) is 19.6. The van der Waals surface area contributed by atoms with Crippen LogP contribution in [0.4, 0.5) is 0 Å². The summed E-state index contributed by atoms with van der Waals surface area (Å²) in [6.45, 7) is 9.24. The molecular weight excluding hydrogens is 172 g/mol. The summed E-state index contributed by atoms with van der Waals surface area (Å²) < 4.78 is 5.65. The van der Waals surface area contributed by atoms with E-state index < -0.39 is 21.7 Å². The van der Waals surface area contributed by atoms with Crippen molar-refractivity contribution in [1.82, 2.24) is 0 Å². The fourth-order valence-corrected chi connectivity index (χ4v) is 7.64. The van der Waals surface area contributed by atoms with E-state index in [9.17, 15) is 5.11 Å². The molecule has 0 aromatic heterocycles. The number of aliphatic hydroxyl groups excluding tert-OH is 1. The van der Waals surface area contributed by atoms with Gasteiger partial charge in [0, 0.05) is 0 Å². The van der Waals surface area contributed by atoms with E-state index in [4.69, 9.17) is 4.43 Å². The highest BCUT2D eigenvalue weighted by atomic mass is 29.3. The SMILES string of the molecule is C[Si]1(C)CCC(O)O[Si]1(C)C. The highest BCUT2D eigenvalue weighted by Crippen LogP contribution is 2.32. The maximum Gasteiger partial charge on any atom is 0.177 e. The molecule has 0 aromatic carbocycles. The number of aliphatic hydroxyl groups is 1. The summed E-state index contributed by atoms with van der Waals surface area (Å²) in [6, 6.07) is 1.23. The quantitative estimate of drug-likeness (QED) is 0.589. The van der Waals surface area contributed by atoms with Crippen LogP contribution in [0.1, 0.15) is 6.42 Å². The Kier molecular flexibility index (Phi) is 2.31. The Bertz CT molecular complexity index is 157. The van der Waals surface area contributed by atoms with Gasteiger partial charge in [-0.05, 0) is 19.5 Å². The molecule has 0 aliphatic carbocycles. The largest absolute Gasteiger partial charge is 0.396 e. The van der Waals surface area contributed by atoms with E-state index in [1.807, 2.05) is 0 Å². The van der Waals surface area contributed by atoms with Gasteiger partial charge in [0.1, 0.15) is 6.29 Å². The van der Waals surface area contributed by atoms with Gasteiger partial charge in [-0.15, -0.1) is 0 Å². The summed E-state index contributed by atoms with van der Waals surface area (Å²) in [4.78, 5) is 0. The fourth-order valence-electron chi connectivity index (χ4n) is 1.34. The van der Waals surface area contributed by atoms with Crippen LogP contribution in [0.25, 0.3) is 0 Å². The normalized spacial score (nSPS) is 35.2. The zero-order chi connectivity index (χ0) is 8.70. The van der Waals surface area contributed by atoms with Gasteiger partial charge in [-0.25, -0.2) is 0 Å². The molecule has 1 aliphatic rings. The second-order valence-electron chi connectivity index (χ2n) is 4.51. The molecule has 0 radical (unpaired) electrons. The molecule has 4 heteroatoms. The first-order chi connectivity index (χ1) is 4.85. The summed E-state index contributed by atoms with van der Waals surface area (Å²) in [5.41, 5.74) is 0. The summed E-state index contributed by atoms with van der Waals surface area (Å²) in [7, 11) is -2.60. The van der Waals surface area contributed by atoms with Crippen LogP contribution in [0.3, 0.4) is 0 Å². The average Bonchev–Trinajstić information content (AvgIpc) is 1.80. The van der Waals surface area contributed by atoms with E-state index in [1.54, 1.807) is 0 Å². The average molecular weight is 190 g/mol. The van der Waals surface area contributed by atoms with E-state index in [0.29, 0.717) is 0 Å². The predicted octanol–water partition coefficient (Wildman–Crippen LogP) is 1.72. The lowest BCUT2D eigenvalue weighted by atomic mass is 10.5. The van der Waals surface area contributed by atoms with Gasteiger partial charge < -0.3 is 9.53 Å². The van der Waals surface area contributed by atoms with E-state index in [1.165, 1.54) is 6.04 Å². The van der Waals surface area contributed by atoms with Crippen molar-refractivity contribution in [3.05, 3.63) is 0 Å². The molecule has 0 amide bonds. The monoisotopic (exact) mass is 190 g/mol. The first kappa shape index (κ1) is 9.44. The molecule has 66 valence electrons. The molecule has 2 nitrogen and oxygen atoms in total. The van der Waals surface area contributed by atoms with Gasteiger partial charge in [-0.1, -0.05) is 19.1 Å². The van der Waals surface area contributed by atoms with Crippen LogP contribution in [0.5, 0.6) is 0 Å². The molecule has 1 fully saturated rings. The molecule has 1 unspecified atom stereocenters. The molecule has 0 spiro atoms. The molecule has 1 aliphatic heterocycles. The van der Waals surface area contributed by atoms with Crippen molar-refractivity contribution in [2.24, 2.45) is 0 Å². The topological polar surface area (TPSA) is 29.5 Å². The van der Waals surface area contributed by atoms with E-state index in [2.05, 4.69) is 26.2 Å². The van der Waals surface area contributed by atoms with Crippen molar-refractivity contribution in [1.29, 1.82) is 0 Å². The minimum atomic E-state index is -1.49. The van der Waals surface area contributed by atoms with Crippen molar-refractivity contribution in [2.45, 2.75) is 44.9 Å². The number of rotatable bonds is 0. The third kappa shape index (κ3) is 1.74. The van der Waals surface area contributed by atoms with Crippen LogP contribution in [-0.4, -0.2) is 26.8 Å². The summed E-state index contributed by atoms with van der Waals surface area (Å²) in [5, 5.41) is 9.31. The van der Waals surface area contributed by atoms with Crippen molar-refractivity contribution < 1.29 is 9.53 Å². The molecule has 11 heavy (non-hydrogen) atoms. The van der Waals surface area contributed by atoms with Crippen molar-refractivity contribution in [2.75, 3.05) is 0 Å². The Morgan fingerprint density at radius 3 is 2.18 bits per heavy atom. The molecule has 1 rings (SSSR count). The van der Waals surface area contributed by atoms with Gasteiger partial charge in [0.25, 0.3) is 0 Å². The Morgan fingerprint density at radius 1 is 1.27 bits per heavy atom. The molecule has 1 saturated heterocycles. The second kappa shape index (κ2) is 2.69. The van der Waals surface area contributed by atoms with Gasteiger partial charge in [0.2, 0.25) is 0 Å². The lowest BCUT2D eigenvalue weighted by Crippen LogP contribution is -2.61. The lowest BCUT2D eigenvalue weighted by Gasteiger charge is -2.43. The summed E-state index contributed by atoms with van der Waals surface area (Å²) >= 11 is 0. The van der Waals surface area contributed by atoms with E-state index in [0.717, 1.165) is 6.42 Å². The summed E-state index contributed by atoms with van der Waals surface area (Å²) in [5.74, 6) is 0. The smallest absolute Gasteiger partial charge is 0.177 e. The maximum absolute atomic E-state index is 9.31. The molecule has 1 atom stereocenters. The van der Waals surface area contributed by atoms with Crippen LogP contribution in [0.15, 0.2) is 0 Å². The molecule has 1 N–H and O–H groups in total. The minimum absolute atomic E-state index is 0.461. The molecule has 0 saturated carbocycles. The number of hydrogen-bond donors (Lipinski definition) is 1. The van der Waals surface area contributed by atoms with Crippen molar-refractivity contribution in [3.63, 3.8) is 0 Å². The maximum atomic E-state index is 9.31. The fraction of sp³-hybridized carbons (Fsp3) is 1.00. The zero-order valence-electron chi connectivity index (χ0n) is 7.85.